The van der Waals surface area contributed by atoms with Crippen molar-refractivity contribution in [2.24, 2.45) is 0 Å². The zero-order chi connectivity index (χ0) is 17.8. The quantitative estimate of drug-likeness (QED) is 0.710. The summed E-state index contributed by atoms with van der Waals surface area (Å²) < 4.78 is 11.5. The topological polar surface area (TPSA) is 51.7 Å². The second-order valence-corrected chi connectivity index (χ2v) is 6.33. The number of nitrogens with zero attached hydrogens (tertiary/aromatic N) is 2. The van der Waals surface area contributed by atoms with Gasteiger partial charge in [0, 0.05) is 25.2 Å². The largest absolute Gasteiger partial charge is 0.484 e. The molecule has 0 bridgehead atoms. The van der Waals surface area contributed by atoms with Crippen molar-refractivity contribution >= 4 is 16.7 Å². The van der Waals surface area contributed by atoms with Crippen LogP contribution < -0.4 is 9.47 Å². The number of rotatable bonds is 5. The van der Waals surface area contributed by atoms with Gasteiger partial charge in [0.2, 0.25) is 5.88 Å². The van der Waals surface area contributed by atoms with E-state index in [9.17, 15) is 4.79 Å². The van der Waals surface area contributed by atoms with Gasteiger partial charge in [0.25, 0.3) is 5.91 Å². The molecule has 5 heteroatoms. The average Bonchev–Trinajstić information content (AvgIpc) is 3.15. The highest BCUT2D eigenvalue weighted by Crippen LogP contribution is 2.21. The number of amides is 1. The minimum atomic E-state index is -0.0229. The van der Waals surface area contributed by atoms with Crippen LogP contribution in [-0.4, -0.2) is 41.6 Å². The Hall–Kier alpha value is -3.08. The summed E-state index contributed by atoms with van der Waals surface area (Å²) in [4.78, 5) is 18.4. The maximum atomic E-state index is 12.4. The Kier molecular flexibility index (Phi) is 4.69. The van der Waals surface area contributed by atoms with Gasteiger partial charge in [0.05, 0.1) is 6.54 Å². The predicted octanol–water partition coefficient (Wildman–Crippen LogP) is 3.29. The van der Waals surface area contributed by atoms with Crippen molar-refractivity contribution in [2.45, 2.75) is 12.5 Å². The Balaban J connectivity index is 1.30. The molecular formula is C21H20N2O3. The van der Waals surface area contributed by atoms with Crippen molar-refractivity contribution in [1.29, 1.82) is 0 Å². The molecule has 1 saturated heterocycles. The van der Waals surface area contributed by atoms with Gasteiger partial charge in [0.15, 0.2) is 6.61 Å². The van der Waals surface area contributed by atoms with Crippen LogP contribution in [0.1, 0.15) is 6.42 Å². The van der Waals surface area contributed by atoms with Gasteiger partial charge in [-0.2, -0.15) is 0 Å². The molecule has 4 rings (SSSR count). The van der Waals surface area contributed by atoms with Gasteiger partial charge in [-0.25, -0.2) is 4.98 Å². The molecule has 1 aliphatic heterocycles. The molecule has 0 radical (unpaired) electrons. The molecule has 0 N–H and O–H groups in total. The fraction of sp³-hybridized carbons (Fsp3) is 0.238. The van der Waals surface area contributed by atoms with Crippen LogP contribution in [-0.2, 0) is 4.79 Å². The molecule has 1 atom stereocenters. The third-order valence-electron chi connectivity index (χ3n) is 4.51. The number of hydrogen-bond donors (Lipinski definition) is 0. The lowest BCUT2D eigenvalue weighted by molar-refractivity contribution is -0.132. The summed E-state index contributed by atoms with van der Waals surface area (Å²) in [5, 5.41) is 2.25. The molecule has 2 aromatic carbocycles. The zero-order valence-electron chi connectivity index (χ0n) is 14.4. The van der Waals surface area contributed by atoms with Crippen LogP contribution in [0.4, 0.5) is 0 Å². The average molecular weight is 348 g/mol. The number of fused-ring (bicyclic) bond motifs is 1. The van der Waals surface area contributed by atoms with Gasteiger partial charge >= 0.3 is 0 Å². The molecule has 1 unspecified atom stereocenters. The summed E-state index contributed by atoms with van der Waals surface area (Å²) in [6.07, 6.45) is 2.48. The SMILES string of the molecule is O=C(COc1ccc2ccccc2c1)N1CCC(Oc2ccccn2)C1. The molecule has 1 fully saturated rings. The summed E-state index contributed by atoms with van der Waals surface area (Å²) >= 11 is 0. The molecule has 1 aliphatic rings. The number of carbonyl (C=O) groups is 1. The Morgan fingerprint density at radius 2 is 1.92 bits per heavy atom. The molecule has 0 spiro atoms. The van der Waals surface area contributed by atoms with Crippen molar-refractivity contribution in [1.82, 2.24) is 9.88 Å². The molecule has 0 aliphatic carbocycles. The van der Waals surface area contributed by atoms with E-state index in [1.54, 1.807) is 11.1 Å². The molecule has 1 aromatic heterocycles. The Morgan fingerprint density at radius 1 is 1.08 bits per heavy atom. The molecule has 5 nitrogen and oxygen atoms in total. The van der Waals surface area contributed by atoms with Crippen LogP contribution in [0, 0.1) is 0 Å². The van der Waals surface area contributed by atoms with Crippen LogP contribution >= 0.6 is 0 Å². The minimum absolute atomic E-state index is 0.0190. The first-order valence-electron chi connectivity index (χ1n) is 8.75. The lowest BCUT2D eigenvalue weighted by Gasteiger charge is -2.17. The van der Waals surface area contributed by atoms with Crippen LogP contribution in [0.2, 0.25) is 0 Å². The smallest absolute Gasteiger partial charge is 0.260 e. The van der Waals surface area contributed by atoms with E-state index in [1.165, 1.54) is 0 Å². The van der Waals surface area contributed by atoms with Crippen LogP contribution in [0.3, 0.4) is 0 Å². The van der Waals surface area contributed by atoms with Gasteiger partial charge < -0.3 is 14.4 Å². The van der Waals surface area contributed by atoms with E-state index < -0.39 is 0 Å². The van der Waals surface area contributed by atoms with E-state index in [2.05, 4.69) is 11.1 Å². The lowest BCUT2D eigenvalue weighted by Crippen LogP contribution is -2.34. The van der Waals surface area contributed by atoms with Crippen LogP contribution in [0.25, 0.3) is 10.8 Å². The first-order chi connectivity index (χ1) is 12.8. The zero-order valence-corrected chi connectivity index (χ0v) is 14.4. The molecule has 132 valence electrons. The highest BCUT2D eigenvalue weighted by atomic mass is 16.5. The maximum absolute atomic E-state index is 12.4. The van der Waals surface area contributed by atoms with Gasteiger partial charge in [-0.15, -0.1) is 0 Å². The molecule has 0 saturated carbocycles. The lowest BCUT2D eigenvalue weighted by atomic mass is 10.1. The molecule has 3 aromatic rings. The fourth-order valence-electron chi connectivity index (χ4n) is 3.13. The molecule has 1 amide bonds. The van der Waals surface area contributed by atoms with E-state index in [-0.39, 0.29) is 18.6 Å². The molecule has 26 heavy (non-hydrogen) atoms. The third kappa shape index (κ3) is 3.77. The first kappa shape index (κ1) is 16.4. The summed E-state index contributed by atoms with van der Waals surface area (Å²) in [7, 11) is 0. The fourth-order valence-corrected chi connectivity index (χ4v) is 3.13. The second kappa shape index (κ2) is 7.44. The number of ether oxygens (including phenoxy) is 2. The van der Waals surface area contributed by atoms with Crippen LogP contribution in [0.5, 0.6) is 11.6 Å². The summed E-state index contributed by atoms with van der Waals surface area (Å²) in [6, 6.07) is 19.5. The van der Waals surface area contributed by atoms with Gasteiger partial charge in [-0.3, -0.25) is 4.79 Å². The Bertz CT molecular complexity index is 898. The summed E-state index contributed by atoms with van der Waals surface area (Å²) in [5.74, 6) is 1.28. The standard InChI is InChI=1S/C21H20N2O3/c24-21(15-25-18-9-8-16-5-1-2-6-17(16)13-18)23-12-10-19(14-23)26-20-7-3-4-11-22-20/h1-9,11,13,19H,10,12,14-15H2. The number of likely N-dealkylation sites (tertiary alicyclic amines) is 1. The monoisotopic (exact) mass is 348 g/mol. The van der Waals surface area contributed by atoms with Crippen molar-refractivity contribution in [2.75, 3.05) is 19.7 Å². The van der Waals surface area contributed by atoms with E-state index in [4.69, 9.17) is 9.47 Å². The van der Waals surface area contributed by atoms with Gasteiger partial charge in [0.1, 0.15) is 11.9 Å². The number of pyridine rings is 1. The van der Waals surface area contributed by atoms with E-state index in [0.29, 0.717) is 24.7 Å². The van der Waals surface area contributed by atoms with E-state index >= 15 is 0 Å². The number of benzene rings is 2. The highest BCUT2D eigenvalue weighted by Gasteiger charge is 2.28. The summed E-state index contributed by atoms with van der Waals surface area (Å²) in [5.41, 5.74) is 0. The summed E-state index contributed by atoms with van der Waals surface area (Å²) in [6.45, 7) is 1.28. The molecule has 2 heterocycles. The second-order valence-electron chi connectivity index (χ2n) is 6.33. The van der Waals surface area contributed by atoms with Crippen molar-refractivity contribution < 1.29 is 14.3 Å². The number of carbonyl (C=O) groups excluding carboxylic acids is 1. The van der Waals surface area contributed by atoms with Gasteiger partial charge in [-0.05, 0) is 29.0 Å². The Labute approximate surface area is 152 Å². The maximum Gasteiger partial charge on any atom is 0.260 e. The van der Waals surface area contributed by atoms with Crippen LogP contribution in [0.15, 0.2) is 66.9 Å². The first-order valence-corrected chi connectivity index (χ1v) is 8.75. The van der Waals surface area contributed by atoms with E-state index in [0.717, 1.165) is 17.2 Å². The highest BCUT2D eigenvalue weighted by molar-refractivity contribution is 5.84. The third-order valence-corrected chi connectivity index (χ3v) is 4.51. The van der Waals surface area contributed by atoms with Crippen molar-refractivity contribution in [3.05, 3.63) is 66.9 Å². The number of aromatic nitrogens is 1. The van der Waals surface area contributed by atoms with E-state index in [1.807, 2.05) is 54.6 Å². The van der Waals surface area contributed by atoms with Crippen molar-refractivity contribution in [3.8, 4) is 11.6 Å². The Morgan fingerprint density at radius 3 is 2.77 bits per heavy atom. The minimum Gasteiger partial charge on any atom is -0.484 e. The molecular weight excluding hydrogens is 328 g/mol. The predicted molar refractivity (Wildman–Crippen MR) is 99.3 cm³/mol. The number of hydrogen-bond acceptors (Lipinski definition) is 4. The normalized spacial score (nSPS) is 16.6. The van der Waals surface area contributed by atoms with Gasteiger partial charge in [-0.1, -0.05) is 36.4 Å². The van der Waals surface area contributed by atoms with Crippen molar-refractivity contribution in [3.63, 3.8) is 0 Å².